The molecular formula is C24H26FN5O2S. The second-order valence-corrected chi connectivity index (χ2v) is 9.13. The number of thioether (sulfide) groups is 1. The van der Waals surface area contributed by atoms with Gasteiger partial charge >= 0.3 is 0 Å². The number of aryl methyl sites for hydroxylation is 1. The number of nitrogens with one attached hydrogen (secondary N) is 2. The minimum Gasteiger partial charge on any atom is -0.345 e. The molecule has 1 aliphatic rings. The lowest BCUT2D eigenvalue weighted by Crippen LogP contribution is -2.32. The molecule has 0 aliphatic heterocycles. The van der Waals surface area contributed by atoms with Crippen molar-refractivity contribution in [2.45, 2.75) is 36.9 Å². The highest BCUT2D eigenvalue weighted by atomic mass is 32.2. The Kier molecular flexibility index (Phi) is 7.39. The van der Waals surface area contributed by atoms with Gasteiger partial charge in [-0.2, -0.15) is 0 Å². The summed E-state index contributed by atoms with van der Waals surface area (Å²) in [6, 6.07) is 13.0. The van der Waals surface area contributed by atoms with Gasteiger partial charge in [0.15, 0.2) is 5.16 Å². The van der Waals surface area contributed by atoms with Crippen molar-refractivity contribution < 1.29 is 14.0 Å². The molecule has 1 fully saturated rings. The van der Waals surface area contributed by atoms with Gasteiger partial charge in [-0.05, 0) is 54.7 Å². The van der Waals surface area contributed by atoms with Crippen LogP contribution in [0.5, 0.6) is 0 Å². The molecule has 3 aromatic rings. The molecule has 9 heteroatoms. The summed E-state index contributed by atoms with van der Waals surface area (Å²) in [5.74, 6) is -0.218. The number of halogens is 1. The van der Waals surface area contributed by atoms with Crippen LogP contribution in [0.4, 0.5) is 10.1 Å². The first-order chi connectivity index (χ1) is 16.0. The average Bonchev–Trinajstić information content (AvgIpc) is 3.49. The summed E-state index contributed by atoms with van der Waals surface area (Å²) in [6.45, 7) is 0. The zero-order chi connectivity index (χ0) is 23.2. The van der Waals surface area contributed by atoms with Crippen LogP contribution >= 0.6 is 11.8 Å². The molecule has 0 bridgehead atoms. The van der Waals surface area contributed by atoms with Crippen molar-refractivity contribution in [2.75, 3.05) is 11.1 Å². The van der Waals surface area contributed by atoms with Gasteiger partial charge in [-0.15, -0.1) is 10.2 Å². The highest BCUT2D eigenvalue weighted by Crippen LogP contribution is 2.36. The Morgan fingerprint density at radius 2 is 1.94 bits per heavy atom. The van der Waals surface area contributed by atoms with Crippen LogP contribution in [-0.2, 0) is 11.8 Å². The first kappa shape index (κ1) is 23.0. The van der Waals surface area contributed by atoms with Gasteiger partial charge in [-0.3, -0.25) is 9.59 Å². The van der Waals surface area contributed by atoms with E-state index in [0.717, 1.165) is 31.2 Å². The van der Waals surface area contributed by atoms with Crippen molar-refractivity contribution in [3.63, 3.8) is 0 Å². The monoisotopic (exact) mass is 467 g/mol. The fraction of sp³-hybridized carbons (Fsp3) is 0.333. The highest BCUT2D eigenvalue weighted by molar-refractivity contribution is 7.99. The molecule has 0 spiro atoms. The number of hydrogen-bond donors (Lipinski definition) is 2. The van der Waals surface area contributed by atoms with Crippen molar-refractivity contribution in [2.24, 2.45) is 13.0 Å². The Balaban J connectivity index is 1.41. The number of hydrogen-bond acceptors (Lipinski definition) is 5. The number of carbonyl (C=O) groups is 2. The predicted molar refractivity (Wildman–Crippen MR) is 125 cm³/mol. The fourth-order valence-electron chi connectivity index (χ4n) is 4.13. The van der Waals surface area contributed by atoms with Crippen LogP contribution in [0.15, 0.2) is 60.0 Å². The van der Waals surface area contributed by atoms with E-state index >= 15 is 0 Å². The van der Waals surface area contributed by atoms with E-state index in [2.05, 4.69) is 20.8 Å². The van der Waals surface area contributed by atoms with Gasteiger partial charge in [-0.25, -0.2) is 4.39 Å². The number of amides is 2. The molecule has 0 saturated heterocycles. The zero-order valence-electron chi connectivity index (χ0n) is 18.3. The Morgan fingerprint density at radius 1 is 1.18 bits per heavy atom. The first-order valence-corrected chi connectivity index (χ1v) is 11.9. The molecular weight excluding hydrogens is 441 g/mol. The summed E-state index contributed by atoms with van der Waals surface area (Å²) in [4.78, 5) is 25.4. The van der Waals surface area contributed by atoms with Crippen molar-refractivity contribution in [3.05, 3.63) is 71.8 Å². The van der Waals surface area contributed by atoms with Gasteiger partial charge < -0.3 is 15.2 Å². The van der Waals surface area contributed by atoms with Crippen LogP contribution in [0, 0.1) is 11.7 Å². The predicted octanol–water partition coefficient (Wildman–Crippen LogP) is 4.35. The lowest BCUT2D eigenvalue weighted by Gasteiger charge is -2.25. The van der Waals surface area contributed by atoms with Crippen molar-refractivity contribution in [1.82, 2.24) is 20.1 Å². The van der Waals surface area contributed by atoms with Crippen molar-refractivity contribution in [1.29, 1.82) is 0 Å². The lowest BCUT2D eigenvalue weighted by atomic mass is 9.91. The molecule has 1 saturated carbocycles. The fourth-order valence-corrected chi connectivity index (χ4v) is 4.82. The molecule has 1 aliphatic carbocycles. The summed E-state index contributed by atoms with van der Waals surface area (Å²) in [5.41, 5.74) is 1.91. The Hall–Kier alpha value is -3.20. The van der Waals surface area contributed by atoms with E-state index in [1.54, 1.807) is 47.3 Å². The van der Waals surface area contributed by atoms with E-state index in [0.29, 0.717) is 22.3 Å². The van der Waals surface area contributed by atoms with Gasteiger partial charge in [0.05, 0.1) is 11.8 Å². The minimum absolute atomic E-state index is 0.178. The highest BCUT2D eigenvalue weighted by Gasteiger charge is 2.28. The van der Waals surface area contributed by atoms with Crippen LogP contribution < -0.4 is 10.6 Å². The number of benzene rings is 2. The van der Waals surface area contributed by atoms with E-state index in [1.165, 1.54) is 23.9 Å². The summed E-state index contributed by atoms with van der Waals surface area (Å²) >= 11 is 1.28. The average molecular weight is 468 g/mol. The summed E-state index contributed by atoms with van der Waals surface area (Å²) in [5, 5.41) is 14.4. The van der Waals surface area contributed by atoms with E-state index < -0.39 is 0 Å². The third-order valence-corrected chi connectivity index (χ3v) is 6.83. The SMILES string of the molecule is Cn1cnnc1SCC(=O)Nc1cccc(C(=O)NC(c2ccc(F)cc2)C2CCCC2)c1. The zero-order valence-corrected chi connectivity index (χ0v) is 19.1. The smallest absolute Gasteiger partial charge is 0.251 e. The molecule has 2 N–H and O–H groups in total. The molecule has 172 valence electrons. The maximum absolute atomic E-state index is 13.4. The summed E-state index contributed by atoms with van der Waals surface area (Å²) < 4.78 is 15.2. The first-order valence-electron chi connectivity index (χ1n) is 10.9. The van der Waals surface area contributed by atoms with Gasteiger partial charge in [-0.1, -0.05) is 42.8 Å². The van der Waals surface area contributed by atoms with Crippen LogP contribution in [0.3, 0.4) is 0 Å². The van der Waals surface area contributed by atoms with E-state index in [4.69, 9.17) is 0 Å². The third kappa shape index (κ3) is 5.98. The Morgan fingerprint density at radius 3 is 2.64 bits per heavy atom. The van der Waals surface area contributed by atoms with Crippen molar-refractivity contribution in [3.8, 4) is 0 Å². The molecule has 7 nitrogen and oxygen atoms in total. The summed E-state index contributed by atoms with van der Waals surface area (Å²) in [6.07, 6.45) is 5.90. The normalized spacial score (nSPS) is 14.7. The molecule has 1 heterocycles. The molecule has 1 aromatic heterocycles. The van der Waals surface area contributed by atoms with Crippen LogP contribution in [-0.4, -0.2) is 32.3 Å². The number of rotatable bonds is 8. The molecule has 1 atom stereocenters. The largest absolute Gasteiger partial charge is 0.345 e. The van der Waals surface area contributed by atoms with Gasteiger partial charge in [0.2, 0.25) is 5.91 Å². The molecule has 2 aromatic carbocycles. The molecule has 33 heavy (non-hydrogen) atoms. The topological polar surface area (TPSA) is 88.9 Å². The lowest BCUT2D eigenvalue weighted by molar-refractivity contribution is -0.113. The van der Waals surface area contributed by atoms with E-state index in [-0.39, 0.29) is 29.4 Å². The van der Waals surface area contributed by atoms with Gasteiger partial charge in [0.25, 0.3) is 5.91 Å². The number of aromatic nitrogens is 3. The van der Waals surface area contributed by atoms with E-state index in [1.807, 2.05) is 7.05 Å². The van der Waals surface area contributed by atoms with Crippen LogP contribution in [0.1, 0.15) is 47.6 Å². The molecule has 4 rings (SSSR count). The van der Waals surface area contributed by atoms with Gasteiger partial charge in [0, 0.05) is 18.3 Å². The molecule has 2 amide bonds. The van der Waals surface area contributed by atoms with E-state index in [9.17, 15) is 14.0 Å². The number of nitrogens with zero attached hydrogens (tertiary/aromatic N) is 3. The van der Waals surface area contributed by atoms with Gasteiger partial charge in [0.1, 0.15) is 12.1 Å². The second-order valence-electron chi connectivity index (χ2n) is 8.19. The number of carbonyl (C=O) groups excluding carboxylic acids is 2. The maximum Gasteiger partial charge on any atom is 0.251 e. The quantitative estimate of drug-likeness (QED) is 0.481. The minimum atomic E-state index is -0.295. The Labute approximate surface area is 196 Å². The maximum atomic E-state index is 13.4. The van der Waals surface area contributed by atoms with Crippen LogP contribution in [0.2, 0.25) is 0 Å². The number of anilines is 1. The molecule has 0 radical (unpaired) electrons. The Bertz CT molecular complexity index is 1110. The third-order valence-electron chi connectivity index (χ3n) is 5.80. The van der Waals surface area contributed by atoms with Crippen LogP contribution in [0.25, 0.3) is 0 Å². The second kappa shape index (κ2) is 10.6. The standard InChI is InChI=1S/C24H26FN5O2S/c1-30-15-26-29-24(30)33-14-21(31)27-20-8-4-7-18(13-20)23(32)28-22(16-5-2-3-6-16)17-9-11-19(25)12-10-17/h4,7-13,15-16,22H,2-3,5-6,14H2,1H3,(H,27,31)(H,28,32). The van der Waals surface area contributed by atoms with Crippen molar-refractivity contribution >= 4 is 29.3 Å². The summed E-state index contributed by atoms with van der Waals surface area (Å²) in [7, 11) is 1.81. The molecule has 1 unspecified atom stereocenters.